The minimum absolute atomic E-state index is 0.0454. The van der Waals surface area contributed by atoms with Crippen molar-refractivity contribution in [1.29, 1.82) is 0 Å². The number of piperazine rings is 1. The van der Waals surface area contributed by atoms with Crippen molar-refractivity contribution in [3.8, 4) is 0 Å². The molecular weight excluding hydrogens is 354 g/mol. The number of hydrogen-bond acceptors (Lipinski definition) is 4. The number of benzene rings is 1. The van der Waals surface area contributed by atoms with Crippen LogP contribution in [0.3, 0.4) is 0 Å². The predicted octanol–water partition coefficient (Wildman–Crippen LogP) is 2.44. The Morgan fingerprint density at radius 2 is 1.61 bits per heavy atom. The van der Waals surface area contributed by atoms with Gasteiger partial charge in [-0.2, -0.15) is 0 Å². The molecule has 0 spiro atoms. The highest BCUT2D eigenvalue weighted by Gasteiger charge is 2.45. The largest absolute Gasteiger partial charge is 0.479 e. The summed E-state index contributed by atoms with van der Waals surface area (Å²) < 4.78 is 0. The maximum absolute atomic E-state index is 12.7. The fraction of sp³-hybridized carbons (Fsp3) is 0.636. The van der Waals surface area contributed by atoms with Crippen molar-refractivity contribution >= 4 is 11.9 Å². The molecule has 3 rings (SSSR count). The van der Waals surface area contributed by atoms with Crippen LogP contribution in [-0.4, -0.2) is 77.0 Å². The highest BCUT2D eigenvalue weighted by molar-refractivity contribution is 5.87. The van der Waals surface area contributed by atoms with E-state index in [0.29, 0.717) is 25.8 Å². The van der Waals surface area contributed by atoms with E-state index in [-0.39, 0.29) is 5.91 Å². The Bertz CT molecular complexity index is 650. The van der Waals surface area contributed by atoms with Gasteiger partial charge < -0.3 is 14.9 Å². The van der Waals surface area contributed by atoms with Crippen LogP contribution in [0.15, 0.2) is 30.3 Å². The highest BCUT2D eigenvalue weighted by atomic mass is 16.4. The van der Waals surface area contributed by atoms with Gasteiger partial charge >= 0.3 is 5.97 Å². The fourth-order valence-corrected chi connectivity index (χ4v) is 4.50. The lowest BCUT2D eigenvalue weighted by molar-refractivity contribution is -0.160. The van der Waals surface area contributed by atoms with Gasteiger partial charge in [-0.05, 0) is 18.4 Å². The second-order valence-electron chi connectivity index (χ2n) is 8.20. The number of amides is 1. The summed E-state index contributed by atoms with van der Waals surface area (Å²) in [5.74, 6) is -0.895. The molecule has 2 aliphatic rings. The minimum Gasteiger partial charge on any atom is -0.479 e. The monoisotopic (exact) mass is 387 g/mol. The molecule has 1 aliphatic carbocycles. The van der Waals surface area contributed by atoms with Gasteiger partial charge in [0.05, 0.1) is 0 Å². The second-order valence-corrected chi connectivity index (χ2v) is 8.20. The Kier molecular flexibility index (Phi) is 7.08. The van der Waals surface area contributed by atoms with Crippen molar-refractivity contribution in [3.63, 3.8) is 0 Å². The van der Waals surface area contributed by atoms with Gasteiger partial charge in [-0.25, -0.2) is 4.79 Å². The van der Waals surface area contributed by atoms with Gasteiger partial charge in [-0.3, -0.25) is 9.69 Å². The number of likely N-dealkylation sites (N-methyl/N-ethyl adjacent to an activating group) is 1. The number of carboxylic acid groups (broad SMARTS) is 1. The molecule has 1 N–H and O–H groups in total. The summed E-state index contributed by atoms with van der Waals surface area (Å²) in [5.41, 5.74) is 0.336. The van der Waals surface area contributed by atoms with Crippen molar-refractivity contribution < 1.29 is 14.7 Å². The van der Waals surface area contributed by atoms with Crippen molar-refractivity contribution in [3.05, 3.63) is 35.9 Å². The Hall–Kier alpha value is -1.92. The third-order valence-electron chi connectivity index (χ3n) is 6.45. The molecule has 0 unspecified atom stereocenters. The van der Waals surface area contributed by atoms with E-state index in [9.17, 15) is 14.7 Å². The Morgan fingerprint density at radius 1 is 1.00 bits per heavy atom. The van der Waals surface area contributed by atoms with E-state index in [1.54, 1.807) is 7.05 Å². The van der Waals surface area contributed by atoms with E-state index in [1.807, 2.05) is 6.07 Å². The van der Waals surface area contributed by atoms with Crippen LogP contribution >= 0.6 is 0 Å². The molecule has 0 radical (unpaired) electrons. The van der Waals surface area contributed by atoms with Gasteiger partial charge in [0.2, 0.25) is 5.91 Å². The summed E-state index contributed by atoms with van der Waals surface area (Å²) in [7, 11) is 1.68. The van der Waals surface area contributed by atoms with Crippen molar-refractivity contribution in [1.82, 2.24) is 14.7 Å². The number of carboxylic acids is 1. The average Bonchev–Trinajstić information content (AvgIpc) is 2.73. The molecule has 1 aromatic carbocycles. The van der Waals surface area contributed by atoms with Crippen LogP contribution in [0.25, 0.3) is 0 Å². The van der Waals surface area contributed by atoms with Crippen molar-refractivity contribution in [2.45, 2.75) is 50.6 Å². The first-order valence-corrected chi connectivity index (χ1v) is 10.5. The van der Waals surface area contributed by atoms with E-state index >= 15 is 0 Å². The molecule has 1 aliphatic heterocycles. The smallest absolute Gasteiger partial charge is 0.329 e. The molecule has 0 aromatic heterocycles. The molecular formula is C22H33N3O3. The number of carbonyl (C=O) groups excluding carboxylic acids is 1. The maximum atomic E-state index is 12.7. The summed E-state index contributed by atoms with van der Waals surface area (Å²) in [6, 6.07) is 10.5. The van der Waals surface area contributed by atoms with Crippen LogP contribution in [-0.2, 0) is 16.1 Å². The Morgan fingerprint density at radius 3 is 2.21 bits per heavy atom. The molecule has 2 fully saturated rings. The summed E-state index contributed by atoms with van der Waals surface area (Å²) in [6.07, 6.45) is 4.36. The highest BCUT2D eigenvalue weighted by Crippen LogP contribution is 2.33. The quantitative estimate of drug-likeness (QED) is 0.779. The molecule has 1 amide bonds. The van der Waals surface area contributed by atoms with Gasteiger partial charge in [0.25, 0.3) is 0 Å². The Balaban J connectivity index is 1.44. The van der Waals surface area contributed by atoms with Crippen LogP contribution in [0.2, 0.25) is 0 Å². The molecule has 6 heteroatoms. The number of nitrogens with zero attached hydrogens (tertiary/aromatic N) is 3. The first-order chi connectivity index (χ1) is 13.5. The zero-order valence-electron chi connectivity index (χ0n) is 17.0. The standard InChI is InChI=1S/C22H33N3O3/c1-23(22(21(27)28)11-6-3-7-12-22)20(26)10-13-24-14-16-25(17-15-24)18-19-8-4-2-5-9-19/h2,4-5,8-9H,3,6-7,10-18H2,1H3,(H,27,28). The van der Waals surface area contributed by atoms with Gasteiger partial charge in [0.15, 0.2) is 0 Å². The van der Waals surface area contributed by atoms with E-state index in [2.05, 4.69) is 34.1 Å². The van der Waals surface area contributed by atoms with Crippen LogP contribution in [0.5, 0.6) is 0 Å². The van der Waals surface area contributed by atoms with Gasteiger partial charge in [0, 0.05) is 52.7 Å². The van der Waals surface area contributed by atoms with Gasteiger partial charge in [-0.15, -0.1) is 0 Å². The van der Waals surface area contributed by atoms with E-state index in [0.717, 1.165) is 52.0 Å². The summed E-state index contributed by atoms with van der Waals surface area (Å²) in [6.45, 7) is 5.58. The van der Waals surface area contributed by atoms with Crippen LogP contribution in [0.4, 0.5) is 0 Å². The lowest BCUT2D eigenvalue weighted by Crippen LogP contribution is -2.56. The lowest BCUT2D eigenvalue weighted by atomic mass is 9.80. The molecule has 1 saturated heterocycles. The number of aliphatic carboxylic acids is 1. The van der Waals surface area contributed by atoms with Crippen LogP contribution < -0.4 is 0 Å². The molecule has 6 nitrogen and oxygen atoms in total. The maximum Gasteiger partial charge on any atom is 0.329 e. The number of rotatable bonds is 7. The zero-order valence-corrected chi connectivity index (χ0v) is 17.0. The Labute approximate surface area is 168 Å². The minimum atomic E-state index is -0.996. The van der Waals surface area contributed by atoms with E-state index in [1.165, 1.54) is 10.5 Å². The first kappa shape index (κ1) is 20.8. The third kappa shape index (κ3) is 4.92. The number of carbonyl (C=O) groups is 2. The average molecular weight is 388 g/mol. The number of hydrogen-bond donors (Lipinski definition) is 1. The van der Waals surface area contributed by atoms with Crippen molar-refractivity contribution in [2.24, 2.45) is 0 Å². The third-order valence-corrected chi connectivity index (χ3v) is 6.45. The molecule has 28 heavy (non-hydrogen) atoms. The normalized spacial score (nSPS) is 20.6. The molecule has 1 aromatic rings. The zero-order chi connectivity index (χ0) is 20.0. The first-order valence-electron chi connectivity index (χ1n) is 10.5. The van der Waals surface area contributed by atoms with E-state index < -0.39 is 11.5 Å². The molecule has 1 saturated carbocycles. The summed E-state index contributed by atoms with van der Waals surface area (Å²) in [4.78, 5) is 30.9. The second kappa shape index (κ2) is 9.52. The summed E-state index contributed by atoms with van der Waals surface area (Å²) in [5, 5.41) is 9.77. The molecule has 154 valence electrons. The lowest BCUT2D eigenvalue weighted by Gasteiger charge is -2.41. The van der Waals surface area contributed by atoms with Crippen LogP contribution in [0, 0.1) is 0 Å². The fourth-order valence-electron chi connectivity index (χ4n) is 4.50. The molecule has 0 bridgehead atoms. The topological polar surface area (TPSA) is 64.1 Å². The van der Waals surface area contributed by atoms with Crippen molar-refractivity contribution in [2.75, 3.05) is 39.8 Å². The summed E-state index contributed by atoms with van der Waals surface area (Å²) >= 11 is 0. The van der Waals surface area contributed by atoms with E-state index in [4.69, 9.17) is 0 Å². The van der Waals surface area contributed by atoms with Gasteiger partial charge in [0.1, 0.15) is 5.54 Å². The predicted molar refractivity (Wildman–Crippen MR) is 109 cm³/mol. The molecule has 1 heterocycles. The van der Waals surface area contributed by atoms with Crippen LogP contribution in [0.1, 0.15) is 44.1 Å². The SMILES string of the molecule is CN(C(=O)CCN1CCN(Cc2ccccc2)CC1)C1(C(=O)O)CCCCC1. The van der Waals surface area contributed by atoms with Gasteiger partial charge in [-0.1, -0.05) is 49.6 Å². The molecule has 0 atom stereocenters.